The van der Waals surface area contributed by atoms with E-state index in [0.717, 1.165) is 18.3 Å². The number of aryl methyl sites for hydroxylation is 1. The number of hydrogen-bond acceptors (Lipinski definition) is 5. The Morgan fingerprint density at radius 1 is 1.25 bits per heavy atom. The molecule has 1 aromatic carbocycles. The van der Waals surface area contributed by atoms with Crippen LogP contribution in [-0.4, -0.2) is 12.1 Å². The number of allylic oxidation sites excluding steroid dienone is 1. The smallest absolute Gasteiger partial charge is 0.465 e. The van der Waals surface area contributed by atoms with Crippen molar-refractivity contribution in [1.82, 2.24) is 0 Å². The van der Waals surface area contributed by atoms with Crippen molar-refractivity contribution in [2.75, 3.05) is 5.32 Å². The second-order valence-corrected chi connectivity index (χ2v) is 7.05. The van der Waals surface area contributed by atoms with E-state index in [0.29, 0.717) is 11.5 Å². The van der Waals surface area contributed by atoms with Crippen LogP contribution in [0.1, 0.15) is 42.6 Å². The van der Waals surface area contributed by atoms with Gasteiger partial charge in [0.2, 0.25) is 5.78 Å². The lowest BCUT2D eigenvalue weighted by Gasteiger charge is -2.13. The predicted octanol–water partition coefficient (Wildman–Crippen LogP) is 5.49. The fraction of sp³-hybridized carbons (Fsp3) is 0.300. The minimum atomic E-state index is -4.81. The van der Waals surface area contributed by atoms with E-state index in [1.807, 2.05) is 20.8 Å². The number of hydrogen-bond donors (Lipinski definition) is 1. The summed E-state index contributed by atoms with van der Waals surface area (Å²) in [4.78, 5) is 12.6. The molecule has 148 valence electrons. The number of nitriles is 1. The molecule has 2 rings (SSSR count). The highest BCUT2D eigenvalue weighted by Gasteiger charge is 2.31. The van der Waals surface area contributed by atoms with Crippen molar-refractivity contribution in [2.24, 2.45) is 0 Å². The summed E-state index contributed by atoms with van der Waals surface area (Å²) in [7, 11) is 0. The molecule has 0 spiro atoms. The van der Waals surface area contributed by atoms with Crippen LogP contribution >= 0.6 is 0 Å². The van der Waals surface area contributed by atoms with Gasteiger partial charge in [-0.3, -0.25) is 4.79 Å². The molecule has 0 bridgehead atoms. The Kier molecular flexibility index (Phi) is 5.88. The van der Waals surface area contributed by atoms with Crippen LogP contribution in [0.2, 0.25) is 0 Å². The van der Waals surface area contributed by atoms with Gasteiger partial charge >= 0.3 is 6.36 Å². The van der Waals surface area contributed by atoms with Crippen LogP contribution in [0.25, 0.3) is 0 Å². The molecule has 0 saturated heterocycles. The third kappa shape index (κ3) is 5.39. The van der Waals surface area contributed by atoms with Crippen LogP contribution in [0.15, 0.2) is 46.5 Å². The molecule has 0 amide bonds. The van der Waals surface area contributed by atoms with Gasteiger partial charge in [-0.1, -0.05) is 26.8 Å². The summed E-state index contributed by atoms with van der Waals surface area (Å²) in [6, 6.07) is 8.45. The van der Waals surface area contributed by atoms with E-state index in [2.05, 4.69) is 10.1 Å². The van der Waals surface area contributed by atoms with E-state index in [1.54, 1.807) is 19.1 Å². The monoisotopic (exact) mass is 392 g/mol. The molecule has 0 radical (unpaired) electrons. The number of nitrogens with one attached hydrogen (secondary N) is 1. The van der Waals surface area contributed by atoms with Crippen LogP contribution in [0.5, 0.6) is 5.75 Å². The molecule has 0 unspecified atom stereocenters. The molecule has 28 heavy (non-hydrogen) atoms. The molecule has 5 nitrogen and oxygen atoms in total. The van der Waals surface area contributed by atoms with Gasteiger partial charge in [0, 0.05) is 23.4 Å². The molecule has 0 aliphatic carbocycles. The van der Waals surface area contributed by atoms with Gasteiger partial charge in [-0.25, -0.2) is 0 Å². The first-order chi connectivity index (χ1) is 12.9. The van der Waals surface area contributed by atoms with Gasteiger partial charge in [-0.05, 0) is 25.1 Å². The number of nitrogens with zero attached hydrogens (tertiary/aromatic N) is 1. The number of benzene rings is 1. The molecule has 0 atom stereocenters. The lowest BCUT2D eigenvalue weighted by molar-refractivity contribution is -0.274. The standard InChI is InChI=1S/C20H19F3N2O3/c1-12-16(9-17(27-12)19(2,3)4)18(26)13(10-24)11-25-14-6-5-7-15(8-14)28-20(21,22)23/h5-9,11,25H,1-4H3/b13-11+. The Hall–Kier alpha value is -3.21. The fourth-order valence-corrected chi connectivity index (χ4v) is 2.31. The molecule has 8 heteroatoms. The second kappa shape index (κ2) is 7.80. The zero-order valence-electron chi connectivity index (χ0n) is 15.8. The van der Waals surface area contributed by atoms with Gasteiger partial charge in [-0.2, -0.15) is 5.26 Å². The highest BCUT2D eigenvalue weighted by Crippen LogP contribution is 2.28. The zero-order chi connectivity index (χ0) is 21.1. The van der Waals surface area contributed by atoms with E-state index >= 15 is 0 Å². The lowest BCUT2D eigenvalue weighted by Crippen LogP contribution is -2.17. The first-order valence-electron chi connectivity index (χ1n) is 8.29. The van der Waals surface area contributed by atoms with E-state index in [9.17, 15) is 23.2 Å². The van der Waals surface area contributed by atoms with Crippen LogP contribution in [0, 0.1) is 18.3 Å². The third-order valence-electron chi connectivity index (χ3n) is 3.72. The molecule has 0 aliphatic heterocycles. The Morgan fingerprint density at radius 3 is 2.46 bits per heavy atom. The zero-order valence-corrected chi connectivity index (χ0v) is 15.8. The minimum Gasteiger partial charge on any atom is -0.465 e. The maximum absolute atomic E-state index is 12.6. The Labute approximate surface area is 160 Å². The number of furan rings is 1. The number of carbonyl (C=O) groups excluding carboxylic acids is 1. The average Bonchev–Trinajstić information content (AvgIpc) is 2.96. The summed E-state index contributed by atoms with van der Waals surface area (Å²) < 4.78 is 46.4. The quantitative estimate of drug-likeness (QED) is 0.414. The molecule has 0 fully saturated rings. The van der Waals surface area contributed by atoms with Gasteiger partial charge < -0.3 is 14.5 Å². The van der Waals surface area contributed by atoms with Crippen molar-refractivity contribution in [3.8, 4) is 11.8 Å². The number of Topliss-reactive ketones (excluding diaryl/α,β-unsaturated/α-hetero) is 1. The van der Waals surface area contributed by atoms with Crippen molar-refractivity contribution < 1.29 is 27.1 Å². The molecule has 0 aliphatic rings. The SMILES string of the molecule is Cc1oc(C(C)(C)C)cc1C(=O)/C(C#N)=C/Nc1cccc(OC(F)(F)F)c1. The normalized spacial score (nSPS) is 12.4. The molecule has 1 heterocycles. The summed E-state index contributed by atoms with van der Waals surface area (Å²) >= 11 is 0. The Balaban J connectivity index is 2.23. The average molecular weight is 392 g/mol. The number of ketones is 1. The van der Waals surface area contributed by atoms with E-state index in [-0.39, 0.29) is 22.2 Å². The third-order valence-corrected chi connectivity index (χ3v) is 3.72. The van der Waals surface area contributed by atoms with Crippen molar-refractivity contribution in [2.45, 2.75) is 39.5 Å². The van der Waals surface area contributed by atoms with Crippen molar-refractivity contribution >= 4 is 11.5 Å². The fourth-order valence-electron chi connectivity index (χ4n) is 2.31. The highest BCUT2D eigenvalue weighted by atomic mass is 19.4. The summed E-state index contributed by atoms with van der Waals surface area (Å²) in [5.41, 5.74) is -0.0430. The van der Waals surface area contributed by atoms with Crippen molar-refractivity contribution in [1.29, 1.82) is 5.26 Å². The van der Waals surface area contributed by atoms with Gasteiger partial charge in [0.15, 0.2) is 0 Å². The Morgan fingerprint density at radius 2 is 1.93 bits per heavy atom. The number of halogens is 3. The number of ether oxygens (including phenoxy) is 1. The number of rotatable bonds is 5. The summed E-state index contributed by atoms with van der Waals surface area (Å²) in [6.45, 7) is 7.41. The van der Waals surface area contributed by atoms with Crippen LogP contribution in [0.4, 0.5) is 18.9 Å². The summed E-state index contributed by atoms with van der Waals surface area (Å²) in [6.07, 6.45) is -3.68. The summed E-state index contributed by atoms with van der Waals surface area (Å²) in [5.74, 6) is 0.0259. The molecule has 2 aromatic rings. The minimum absolute atomic E-state index is 0.216. The topological polar surface area (TPSA) is 75.3 Å². The van der Waals surface area contributed by atoms with E-state index in [1.165, 1.54) is 12.1 Å². The first kappa shape index (κ1) is 21.1. The largest absolute Gasteiger partial charge is 0.573 e. The molecular formula is C20H19F3N2O3. The molecule has 0 saturated carbocycles. The van der Waals surface area contributed by atoms with Crippen LogP contribution < -0.4 is 10.1 Å². The van der Waals surface area contributed by atoms with Crippen LogP contribution in [-0.2, 0) is 5.41 Å². The molecule has 1 N–H and O–H groups in total. The molecular weight excluding hydrogens is 373 g/mol. The highest BCUT2D eigenvalue weighted by molar-refractivity contribution is 6.12. The van der Waals surface area contributed by atoms with Crippen molar-refractivity contribution in [3.63, 3.8) is 0 Å². The maximum Gasteiger partial charge on any atom is 0.573 e. The van der Waals surface area contributed by atoms with E-state index < -0.39 is 17.9 Å². The molecule has 1 aromatic heterocycles. The van der Waals surface area contributed by atoms with Crippen LogP contribution in [0.3, 0.4) is 0 Å². The Bertz CT molecular complexity index is 945. The van der Waals surface area contributed by atoms with Gasteiger partial charge in [0.05, 0.1) is 5.56 Å². The van der Waals surface area contributed by atoms with Gasteiger partial charge in [0.25, 0.3) is 0 Å². The lowest BCUT2D eigenvalue weighted by atomic mass is 9.92. The van der Waals surface area contributed by atoms with E-state index in [4.69, 9.17) is 4.42 Å². The van der Waals surface area contributed by atoms with Gasteiger partial charge in [-0.15, -0.1) is 13.2 Å². The van der Waals surface area contributed by atoms with Crippen molar-refractivity contribution in [3.05, 3.63) is 59.2 Å². The second-order valence-electron chi connectivity index (χ2n) is 7.05. The number of alkyl halides is 3. The maximum atomic E-state index is 12.6. The number of anilines is 1. The first-order valence-corrected chi connectivity index (χ1v) is 8.29. The predicted molar refractivity (Wildman–Crippen MR) is 96.9 cm³/mol. The van der Waals surface area contributed by atoms with Gasteiger partial charge in [0.1, 0.15) is 28.9 Å². The summed E-state index contributed by atoms with van der Waals surface area (Å²) in [5, 5.41) is 12.0. The number of carbonyl (C=O) groups is 1.